The second-order valence-corrected chi connectivity index (χ2v) is 8.06. The maximum Gasteiger partial charge on any atom is 0.311 e. The third kappa shape index (κ3) is 5.82. The average Bonchev–Trinajstić information content (AvgIpc) is 2.79. The number of amides is 2. The minimum atomic E-state index is -0.577. The molecule has 0 N–H and O–H groups in total. The average molecular weight is 465 g/mol. The molecule has 0 bridgehead atoms. The number of piperidine rings is 1. The lowest BCUT2D eigenvalue weighted by Crippen LogP contribution is -2.43. The Morgan fingerprint density at radius 2 is 1.88 bits per heavy atom. The Morgan fingerprint density at radius 1 is 1.16 bits per heavy atom. The fraction of sp³-hybridized carbons (Fsp3) is 0.348. The van der Waals surface area contributed by atoms with Gasteiger partial charge in [-0.3, -0.25) is 14.4 Å². The van der Waals surface area contributed by atoms with Crippen molar-refractivity contribution in [2.24, 2.45) is 5.92 Å². The number of likely N-dealkylation sites (tertiary alicyclic amines) is 1. The summed E-state index contributed by atoms with van der Waals surface area (Å²) in [5, 5.41) is 0.203. The number of carbonyl (C=O) groups is 3. The standard InChI is InChI=1S/C23H23ClF2N2O4/c1-27(13-18-19(24)5-2-6-20(18)26)21(29)14-32-23(31)16-4-3-11-28(12-16)22(30)15-7-9-17(25)10-8-15/h2,5-10,16H,3-4,11-14H2,1H3. The van der Waals surface area contributed by atoms with Gasteiger partial charge in [0, 0.05) is 42.8 Å². The topological polar surface area (TPSA) is 66.9 Å². The SMILES string of the molecule is CN(Cc1c(F)cccc1Cl)C(=O)COC(=O)C1CCCN(C(=O)c2ccc(F)cc2)C1. The van der Waals surface area contributed by atoms with Crippen LogP contribution in [-0.4, -0.2) is 54.3 Å². The number of esters is 1. The van der Waals surface area contributed by atoms with Crippen LogP contribution >= 0.6 is 11.6 Å². The molecule has 1 saturated heterocycles. The summed E-state index contributed by atoms with van der Waals surface area (Å²) in [7, 11) is 1.46. The molecule has 1 fully saturated rings. The van der Waals surface area contributed by atoms with Gasteiger partial charge >= 0.3 is 5.97 Å². The van der Waals surface area contributed by atoms with Gasteiger partial charge in [0.05, 0.1) is 5.92 Å². The van der Waals surface area contributed by atoms with Crippen LogP contribution in [-0.2, 0) is 20.9 Å². The van der Waals surface area contributed by atoms with E-state index in [0.717, 1.165) is 0 Å². The number of hydrogen-bond donors (Lipinski definition) is 0. The lowest BCUT2D eigenvalue weighted by atomic mass is 9.97. The predicted molar refractivity (Wildman–Crippen MR) is 114 cm³/mol. The molecule has 9 heteroatoms. The summed E-state index contributed by atoms with van der Waals surface area (Å²) in [5.41, 5.74) is 0.516. The van der Waals surface area contributed by atoms with Gasteiger partial charge < -0.3 is 14.5 Å². The molecule has 1 heterocycles. The molecule has 6 nitrogen and oxygen atoms in total. The van der Waals surface area contributed by atoms with E-state index in [0.29, 0.717) is 24.9 Å². The minimum Gasteiger partial charge on any atom is -0.455 e. The van der Waals surface area contributed by atoms with E-state index in [1.165, 1.54) is 59.3 Å². The fourth-order valence-corrected chi connectivity index (χ4v) is 3.72. The van der Waals surface area contributed by atoms with Crippen molar-refractivity contribution in [3.05, 3.63) is 70.2 Å². The molecule has 3 rings (SSSR count). The van der Waals surface area contributed by atoms with Crippen LogP contribution in [0.1, 0.15) is 28.8 Å². The number of halogens is 3. The Hall–Kier alpha value is -3.00. The first kappa shape index (κ1) is 23.7. The maximum atomic E-state index is 13.9. The molecule has 170 valence electrons. The molecule has 1 aliphatic rings. The van der Waals surface area contributed by atoms with E-state index in [9.17, 15) is 23.2 Å². The first-order valence-corrected chi connectivity index (χ1v) is 10.5. The predicted octanol–water partition coefficient (Wildman–Crippen LogP) is 3.67. The first-order chi connectivity index (χ1) is 15.3. The van der Waals surface area contributed by atoms with Gasteiger partial charge in [-0.05, 0) is 49.2 Å². The summed E-state index contributed by atoms with van der Waals surface area (Å²) in [6.45, 7) is 0.0735. The molecule has 32 heavy (non-hydrogen) atoms. The Balaban J connectivity index is 1.52. The van der Waals surface area contributed by atoms with Crippen LogP contribution in [0.5, 0.6) is 0 Å². The van der Waals surface area contributed by atoms with E-state index in [2.05, 4.69) is 0 Å². The Bertz CT molecular complexity index is 980. The van der Waals surface area contributed by atoms with E-state index >= 15 is 0 Å². The van der Waals surface area contributed by atoms with Gasteiger partial charge in [-0.25, -0.2) is 8.78 Å². The zero-order valence-electron chi connectivity index (χ0n) is 17.5. The monoisotopic (exact) mass is 464 g/mol. The van der Waals surface area contributed by atoms with E-state index in [4.69, 9.17) is 16.3 Å². The molecule has 0 radical (unpaired) electrons. The Morgan fingerprint density at radius 3 is 2.56 bits per heavy atom. The molecule has 1 aliphatic heterocycles. The molecule has 0 aliphatic carbocycles. The summed E-state index contributed by atoms with van der Waals surface area (Å²) < 4.78 is 32.2. The molecule has 2 aromatic rings. The molecule has 2 amide bonds. The fourth-order valence-electron chi connectivity index (χ4n) is 3.50. The van der Waals surface area contributed by atoms with Crippen molar-refractivity contribution < 1.29 is 27.9 Å². The van der Waals surface area contributed by atoms with Crippen LogP contribution in [0.4, 0.5) is 8.78 Å². The highest BCUT2D eigenvalue weighted by atomic mass is 35.5. The number of hydrogen-bond acceptors (Lipinski definition) is 4. The van der Waals surface area contributed by atoms with Crippen molar-refractivity contribution in [2.75, 3.05) is 26.7 Å². The van der Waals surface area contributed by atoms with Gasteiger partial charge in [-0.2, -0.15) is 0 Å². The summed E-state index contributed by atoms with van der Waals surface area (Å²) in [6.07, 6.45) is 1.13. The number of ether oxygens (including phenoxy) is 1. The zero-order valence-corrected chi connectivity index (χ0v) is 18.3. The van der Waals surface area contributed by atoms with Crippen LogP contribution in [0.2, 0.25) is 5.02 Å². The number of benzene rings is 2. The summed E-state index contributed by atoms with van der Waals surface area (Å²) in [6, 6.07) is 9.46. The Kier molecular flexibility index (Phi) is 7.80. The highest BCUT2D eigenvalue weighted by molar-refractivity contribution is 6.31. The molecular formula is C23H23ClF2N2O4. The number of carbonyl (C=O) groups excluding carboxylic acids is 3. The second kappa shape index (κ2) is 10.5. The van der Waals surface area contributed by atoms with Gasteiger partial charge in [-0.1, -0.05) is 17.7 Å². The number of rotatable bonds is 6. The van der Waals surface area contributed by atoms with Crippen LogP contribution in [0.15, 0.2) is 42.5 Å². The van der Waals surface area contributed by atoms with Gasteiger partial charge in [0.25, 0.3) is 11.8 Å². The second-order valence-electron chi connectivity index (χ2n) is 7.65. The third-order valence-electron chi connectivity index (χ3n) is 5.35. The minimum absolute atomic E-state index is 0.0642. The van der Waals surface area contributed by atoms with Crippen LogP contribution < -0.4 is 0 Å². The van der Waals surface area contributed by atoms with Crippen molar-refractivity contribution in [1.29, 1.82) is 0 Å². The molecule has 1 unspecified atom stereocenters. The van der Waals surface area contributed by atoms with Gasteiger partial charge in [0.15, 0.2) is 6.61 Å². The lowest BCUT2D eigenvalue weighted by Gasteiger charge is -2.31. The lowest BCUT2D eigenvalue weighted by molar-refractivity contribution is -0.156. The quantitative estimate of drug-likeness (QED) is 0.612. The highest BCUT2D eigenvalue weighted by Gasteiger charge is 2.30. The van der Waals surface area contributed by atoms with E-state index < -0.39 is 36.0 Å². The van der Waals surface area contributed by atoms with Gasteiger partial charge in [-0.15, -0.1) is 0 Å². The normalized spacial score (nSPS) is 15.9. The van der Waals surface area contributed by atoms with Crippen molar-refractivity contribution in [3.63, 3.8) is 0 Å². The maximum absolute atomic E-state index is 13.9. The van der Waals surface area contributed by atoms with Gasteiger partial charge in [0.1, 0.15) is 11.6 Å². The van der Waals surface area contributed by atoms with Crippen LogP contribution in [0.3, 0.4) is 0 Å². The smallest absolute Gasteiger partial charge is 0.311 e. The van der Waals surface area contributed by atoms with E-state index in [1.54, 1.807) is 0 Å². The molecule has 1 atom stereocenters. The largest absolute Gasteiger partial charge is 0.455 e. The van der Waals surface area contributed by atoms with Gasteiger partial charge in [0.2, 0.25) is 0 Å². The summed E-state index contributed by atoms with van der Waals surface area (Å²) in [4.78, 5) is 40.2. The summed E-state index contributed by atoms with van der Waals surface area (Å²) >= 11 is 5.98. The molecule has 0 saturated carbocycles. The van der Waals surface area contributed by atoms with Crippen LogP contribution in [0, 0.1) is 17.6 Å². The van der Waals surface area contributed by atoms with Crippen molar-refractivity contribution in [1.82, 2.24) is 9.80 Å². The molecular weight excluding hydrogens is 442 g/mol. The summed E-state index contributed by atoms with van der Waals surface area (Å²) in [5.74, 6) is -2.90. The Labute approximate surface area is 189 Å². The van der Waals surface area contributed by atoms with Crippen molar-refractivity contribution in [2.45, 2.75) is 19.4 Å². The number of nitrogens with zero attached hydrogens (tertiary/aromatic N) is 2. The van der Waals surface area contributed by atoms with E-state index in [-0.39, 0.29) is 29.6 Å². The number of likely N-dealkylation sites (N-methyl/N-ethyl adjacent to an activating group) is 1. The van der Waals surface area contributed by atoms with Crippen LogP contribution in [0.25, 0.3) is 0 Å². The highest BCUT2D eigenvalue weighted by Crippen LogP contribution is 2.22. The van der Waals surface area contributed by atoms with Crippen molar-refractivity contribution in [3.8, 4) is 0 Å². The first-order valence-electron chi connectivity index (χ1n) is 10.1. The van der Waals surface area contributed by atoms with E-state index in [1.807, 2.05) is 0 Å². The zero-order chi connectivity index (χ0) is 23.3. The molecule has 0 aromatic heterocycles. The van der Waals surface area contributed by atoms with Crippen molar-refractivity contribution >= 4 is 29.4 Å². The molecule has 2 aromatic carbocycles. The molecule has 0 spiro atoms. The third-order valence-corrected chi connectivity index (χ3v) is 5.71.